The molecule has 2 atom stereocenters. The van der Waals surface area contributed by atoms with Gasteiger partial charge in [0.1, 0.15) is 0 Å². The highest BCUT2D eigenvalue weighted by molar-refractivity contribution is 7.22. The van der Waals surface area contributed by atoms with Gasteiger partial charge in [-0.25, -0.2) is 0 Å². The average molecular weight is 335 g/mol. The zero-order valence-electron chi connectivity index (χ0n) is 11.5. The summed E-state index contributed by atoms with van der Waals surface area (Å²) in [7, 11) is -3.47. The van der Waals surface area contributed by atoms with Crippen LogP contribution in [0, 0.1) is 24.9 Å². The molecule has 20 heavy (non-hydrogen) atoms. The van der Waals surface area contributed by atoms with Crippen LogP contribution in [-0.2, 0) is 0 Å². The Kier molecular flexibility index (Phi) is 5.50. The second-order valence-electron chi connectivity index (χ2n) is 4.73. The molecule has 102 valence electrons. The van der Waals surface area contributed by atoms with Gasteiger partial charge in [-0.2, -0.15) is 0 Å². The number of benzene rings is 2. The van der Waals surface area contributed by atoms with Gasteiger partial charge in [0.2, 0.25) is 16.2 Å². The largest absolute Gasteiger partial charge is 0.248 e. The van der Waals surface area contributed by atoms with E-state index in [4.69, 9.17) is 22.2 Å². The minimum absolute atomic E-state index is 1.20. The average Bonchev–Trinajstić information content (AvgIpc) is 2.45. The van der Waals surface area contributed by atoms with Gasteiger partial charge in [-0.3, -0.25) is 0 Å². The minimum Gasteiger partial charge on any atom is -0.148 e. The summed E-state index contributed by atoms with van der Waals surface area (Å²) in [5, 5.41) is 2.40. The van der Waals surface area contributed by atoms with Gasteiger partial charge < -0.3 is 0 Å². The second-order valence-corrected chi connectivity index (χ2v) is 10.6. The van der Waals surface area contributed by atoms with Crippen LogP contribution in [-0.4, -0.2) is 16.2 Å². The lowest BCUT2D eigenvalue weighted by Crippen LogP contribution is -2.28. The maximum Gasteiger partial charge on any atom is 0.248 e. The van der Waals surface area contributed by atoms with Gasteiger partial charge in [0.05, 0.1) is 0 Å². The highest BCUT2D eigenvalue weighted by Crippen LogP contribution is 2.01. The van der Waals surface area contributed by atoms with Crippen LogP contribution in [0.3, 0.4) is 0 Å². The Bertz CT molecular complexity index is 603. The van der Waals surface area contributed by atoms with Gasteiger partial charge in [-0.1, -0.05) is 48.5 Å². The third-order valence-corrected chi connectivity index (χ3v) is 8.89. The molecule has 0 amide bonds. The molecule has 0 radical (unpaired) electrons. The van der Waals surface area contributed by atoms with Crippen LogP contribution in [0.1, 0.15) is 11.1 Å². The van der Waals surface area contributed by atoms with Crippen LogP contribution in [0.2, 0.25) is 0 Å². The van der Waals surface area contributed by atoms with Crippen molar-refractivity contribution in [1.82, 2.24) is 0 Å². The first-order chi connectivity index (χ1) is 9.59. The molecule has 0 aliphatic carbocycles. The maximum absolute atomic E-state index is 6.51. The Labute approximate surface area is 133 Å². The van der Waals surface area contributed by atoms with Crippen molar-refractivity contribution in [1.29, 1.82) is 0 Å². The molecule has 0 bridgehead atoms. The molecule has 4 heteroatoms. The third kappa shape index (κ3) is 3.77. The standard InChI is InChI=1S/C16H16Cl2Si2/c1-13-7-3-5-9-15(13)19(17)11-12-20(18)16-10-6-4-8-14(16)2/h3-10,19-20H,1-2H3. The van der Waals surface area contributed by atoms with E-state index >= 15 is 0 Å². The summed E-state index contributed by atoms with van der Waals surface area (Å²) in [5.41, 5.74) is 8.94. The molecule has 2 unspecified atom stereocenters. The Morgan fingerprint density at radius 1 is 0.700 bits per heavy atom. The molecule has 0 fully saturated rings. The number of halogens is 2. The lowest BCUT2D eigenvalue weighted by atomic mass is 10.2. The molecular formula is C16H16Cl2Si2. The summed E-state index contributed by atoms with van der Waals surface area (Å²) in [4.78, 5) is 0. The van der Waals surface area contributed by atoms with E-state index in [0.29, 0.717) is 0 Å². The smallest absolute Gasteiger partial charge is 0.148 e. The monoisotopic (exact) mass is 334 g/mol. The minimum atomic E-state index is -1.73. The van der Waals surface area contributed by atoms with Crippen molar-refractivity contribution in [3.63, 3.8) is 0 Å². The fourth-order valence-electron chi connectivity index (χ4n) is 2.04. The summed E-state index contributed by atoms with van der Waals surface area (Å²) >= 11 is 13.0. The van der Waals surface area contributed by atoms with Crippen molar-refractivity contribution in [2.24, 2.45) is 0 Å². The van der Waals surface area contributed by atoms with E-state index in [0.717, 1.165) is 0 Å². The van der Waals surface area contributed by atoms with Crippen LogP contribution < -0.4 is 10.4 Å². The fourth-order valence-corrected chi connectivity index (χ4v) is 7.68. The third-order valence-electron chi connectivity index (χ3n) is 3.26. The lowest BCUT2D eigenvalue weighted by Gasteiger charge is -2.06. The predicted octanol–water partition coefficient (Wildman–Crippen LogP) is 2.42. The van der Waals surface area contributed by atoms with Crippen molar-refractivity contribution in [3.8, 4) is 11.1 Å². The summed E-state index contributed by atoms with van der Waals surface area (Å²) in [5.74, 6) is 0. The summed E-state index contributed by atoms with van der Waals surface area (Å²) < 4.78 is 0. The molecule has 2 aromatic rings. The highest BCUT2D eigenvalue weighted by atomic mass is 35.6. The fraction of sp³-hybridized carbons (Fsp3) is 0.125. The van der Waals surface area contributed by atoms with Gasteiger partial charge in [0.25, 0.3) is 0 Å². The number of hydrogen-bond donors (Lipinski definition) is 0. The molecule has 0 heterocycles. The maximum atomic E-state index is 6.51. The zero-order valence-corrected chi connectivity index (χ0v) is 15.4. The molecule has 0 aliphatic rings. The van der Waals surface area contributed by atoms with Crippen molar-refractivity contribution in [2.45, 2.75) is 13.8 Å². The zero-order chi connectivity index (χ0) is 14.5. The van der Waals surface area contributed by atoms with Crippen LogP contribution in [0.4, 0.5) is 0 Å². The molecule has 0 nitrogen and oxygen atoms in total. The molecule has 0 aliphatic heterocycles. The Balaban J connectivity index is 2.19. The normalized spacial score (nSPS) is 13.2. The SMILES string of the molecule is Cc1ccccc1[SiH](Cl)C#C[SiH](Cl)c1ccccc1C. The molecule has 0 spiro atoms. The highest BCUT2D eigenvalue weighted by Gasteiger charge is 2.12. The molecule has 0 saturated carbocycles. The Morgan fingerprint density at radius 3 is 1.40 bits per heavy atom. The topological polar surface area (TPSA) is 0 Å². The van der Waals surface area contributed by atoms with Crippen LogP contribution in [0.5, 0.6) is 0 Å². The van der Waals surface area contributed by atoms with E-state index in [-0.39, 0.29) is 0 Å². The van der Waals surface area contributed by atoms with Gasteiger partial charge in [0.15, 0.2) is 0 Å². The molecule has 0 N–H and O–H groups in total. The number of aryl methyl sites for hydroxylation is 2. The van der Waals surface area contributed by atoms with E-state index in [1.807, 2.05) is 24.3 Å². The van der Waals surface area contributed by atoms with E-state index in [1.54, 1.807) is 0 Å². The van der Waals surface area contributed by atoms with Crippen LogP contribution in [0.25, 0.3) is 0 Å². The molecule has 2 aromatic carbocycles. The summed E-state index contributed by atoms with van der Waals surface area (Å²) in [6.07, 6.45) is 0. The number of hydrogen-bond acceptors (Lipinski definition) is 0. The van der Waals surface area contributed by atoms with Gasteiger partial charge in [0, 0.05) is 0 Å². The summed E-state index contributed by atoms with van der Waals surface area (Å²) in [6, 6.07) is 16.4. The first-order valence-corrected chi connectivity index (χ1v) is 12.3. The molecular weight excluding hydrogens is 319 g/mol. The Morgan fingerprint density at radius 2 is 1.05 bits per heavy atom. The summed E-state index contributed by atoms with van der Waals surface area (Å²) in [6.45, 7) is 4.16. The van der Waals surface area contributed by atoms with Crippen molar-refractivity contribution < 1.29 is 0 Å². The predicted molar refractivity (Wildman–Crippen MR) is 95.4 cm³/mol. The molecule has 0 aromatic heterocycles. The van der Waals surface area contributed by atoms with Crippen LogP contribution in [0.15, 0.2) is 48.5 Å². The first-order valence-electron chi connectivity index (χ1n) is 6.50. The van der Waals surface area contributed by atoms with E-state index in [1.165, 1.54) is 21.5 Å². The quantitative estimate of drug-likeness (QED) is 0.449. The van der Waals surface area contributed by atoms with Crippen molar-refractivity contribution in [2.75, 3.05) is 0 Å². The van der Waals surface area contributed by atoms with Gasteiger partial charge in [-0.05, 0) is 35.3 Å². The lowest BCUT2D eigenvalue weighted by molar-refractivity contribution is 1.51. The second kappa shape index (κ2) is 7.15. The number of rotatable bonds is 2. The molecule has 0 saturated heterocycles. The van der Waals surface area contributed by atoms with Crippen LogP contribution >= 0.6 is 22.2 Å². The van der Waals surface area contributed by atoms with Crippen molar-refractivity contribution >= 4 is 48.7 Å². The van der Waals surface area contributed by atoms with Crippen molar-refractivity contribution in [3.05, 3.63) is 59.7 Å². The van der Waals surface area contributed by atoms with E-state index < -0.39 is 16.2 Å². The van der Waals surface area contributed by atoms with Gasteiger partial charge in [-0.15, -0.1) is 33.2 Å². The van der Waals surface area contributed by atoms with E-state index in [9.17, 15) is 0 Å². The van der Waals surface area contributed by atoms with E-state index in [2.05, 4.69) is 49.2 Å². The first kappa shape index (κ1) is 15.4. The molecule has 2 rings (SSSR count). The van der Waals surface area contributed by atoms with Gasteiger partial charge >= 0.3 is 0 Å². The Hall–Kier alpha value is -0.986.